The number of aromatic nitrogens is 2. The Morgan fingerprint density at radius 3 is 3.07 bits per heavy atom. The molecule has 0 fully saturated rings. The highest BCUT2D eigenvalue weighted by molar-refractivity contribution is 5.29. The summed E-state index contributed by atoms with van der Waals surface area (Å²) in [5.41, 5.74) is 1.00. The lowest BCUT2D eigenvalue weighted by molar-refractivity contribution is 0.128. The van der Waals surface area contributed by atoms with Crippen LogP contribution in [0.3, 0.4) is 0 Å². The minimum Gasteiger partial charge on any atom is -0.380 e. The van der Waals surface area contributed by atoms with Gasteiger partial charge in [0.1, 0.15) is 0 Å². The molecular formula is C11H19N3O. The van der Waals surface area contributed by atoms with Gasteiger partial charge in [0.25, 0.3) is 0 Å². The van der Waals surface area contributed by atoms with Gasteiger partial charge in [0.05, 0.1) is 11.8 Å². The van der Waals surface area contributed by atoms with E-state index >= 15 is 0 Å². The molecule has 1 heterocycles. The zero-order chi connectivity index (χ0) is 11.3. The van der Waals surface area contributed by atoms with Crippen molar-refractivity contribution in [2.75, 3.05) is 19.0 Å². The molecular weight excluding hydrogens is 190 g/mol. The average molecular weight is 209 g/mol. The number of anilines is 1. The number of methoxy groups -OCH3 is 1. The Bertz CT molecular complexity index is 320. The van der Waals surface area contributed by atoms with E-state index in [2.05, 4.69) is 16.9 Å². The largest absolute Gasteiger partial charge is 0.380 e. The molecule has 4 heteroatoms. The van der Waals surface area contributed by atoms with E-state index in [0.717, 1.165) is 24.7 Å². The second-order valence-corrected chi connectivity index (χ2v) is 3.57. The molecule has 0 saturated carbocycles. The first-order valence-electron chi connectivity index (χ1n) is 5.08. The van der Waals surface area contributed by atoms with Crippen LogP contribution < -0.4 is 5.32 Å². The number of ether oxygens (including phenoxy) is 1. The summed E-state index contributed by atoms with van der Waals surface area (Å²) >= 11 is 0. The molecule has 0 saturated heterocycles. The highest BCUT2D eigenvalue weighted by Gasteiger charge is 2.05. The molecule has 0 spiro atoms. The van der Waals surface area contributed by atoms with E-state index in [4.69, 9.17) is 4.74 Å². The van der Waals surface area contributed by atoms with Crippen molar-refractivity contribution < 1.29 is 4.74 Å². The fourth-order valence-electron chi connectivity index (χ4n) is 1.28. The van der Waals surface area contributed by atoms with Crippen molar-refractivity contribution in [1.82, 2.24) is 9.55 Å². The number of aryl methyl sites for hydroxylation is 1. The number of rotatable bonds is 6. The molecule has 1 aromatic heterocycles. The standard InChI is InChI=1S/C11H19N3O/c1-5-6-14-8-9(2)13-11(14)12-7-10(3)15-4/h5,8,10H,1,6-7H2,2-4H3,(H,12,13). The first-order valence-corrected chi connectivity index (χ1v) is 5.08. The highest BCUT2D eigenvalue weighted by Crippen LogP contribution is 2.08. The molecule has 0 aromatic carbocycles. The van der Waals surface area contributed by atoms with Gasteiger partial charge in [0.2, 0.25) is 5.95 Å². The molecule has 1 aromatic rings. The lowest BCUT2D eigenvalue weighted by Gasteiger charge is -2.12. The Labute approximate surface area is 91.0 Å². The summed E-state index contributed by atoms with van der Waals surface area (Å²) < 4.78 is 7.19. The van der Waals surface area contributed by atoms with E-state index < -0.39 is 0 Å². The number of nitrogens with zero attached hydrogens (tertiary/aromatic N) is 2. The van der Waals surface area contributed by atoms with Crippen LogP contribution in [0.1, 0.15) is 12.6 Å². The summed E-state index contributed by atoms with van der Waals surface area (Å²) in [5.74, 6) is 0.872. The third kappa shape index (κ3) is 3.40. The normalized spacial score (nSPS) is 12.5. The van der Waals surface area contributed by atoms with E-state index in [1.54, 1.807) is 7.11 Å². The van der Waals surface area contributed by atoms with Crippen LogP contribution in [0.4, 0.5) is 5.95 Å². The van der Waals surface area contributed by atoms with Crippen molar-refractivity contribution >= 4 is 5.95 Å². The van der Waals surface area contributed by atoms with Crippen molar-refractivity contribution in [2.45, 2.75) is 26.5 Å². The van der Waals surface area contributed by atoms with Crippen molar-refractivity contribution in [1.29, 1.82) is 0 Å². The minimum absolute atomic E-state index is 0.180. The maximum atomic E-state index is 5.16. The zero-order valence-electron chi connectivity index (χ0n) is 9.66. The third-order valence-electron chi connectivity index (χ3n) is 2.17. The van der Waals surface area contributed by atoms with Crippen molar-refractivity contribution in [2.24, 2.45) is 0 Å². The van der Waals surface area contributed by atoms with Gasteiger partial charge in [-0.05, 0) is 13.8 Å². The second kappa shape index (κ2) is 5.56. The Morgan fingerprint density at radius 2 is 2.47 bits per heavy atom. The quantitative estimate of drug-likeness (QED) is 0.726. The predicted octanol–water partition coefficient (Wildman–Crippen LogP) is 1.82. The van der Waals surface area contributed by atoms with Crippen LogP contribution in [0.25, 0.3) is 0 Å². The van der Waals surface area contributed by atoms with Gasteiger partial charge in [-0.25, -0.2) is 4.98 Å². The van der Waals surface area contributed by atoms with Crippen molar-refractivity contribution in [3.8, 4) is 0 Å². The molecule has 1 N–H and O–H groups in total. The molecule has 1 rings (SSSR count). The van der Waals surface area contributed by atoms with Crippen LogP contribution in [0.15, 0.2) is 18.9 Å². The van der Waals surface area contributed by atoms with Gasteiger partial charge < -0.3 is 14.6 Å². The molecule has 0 aliphatic heterocycles. The number of hydrogen-bond donors (Lipinski definition) is 1. The molecule has 84 valence electrons. The maximum absolute atomic E-state index is 5.16. The van der Waals surface area contributed by atoms with E-state index in [1.807, 2.05) is 30.7 Å². The Kier molecular flexibility index (Phi) is 4.37. The van der Waals surface area contributed by atoms with Crippen LogP contribution in [0.5, 0.6) is 0 Å². The Morgan fingerprint density at radius 1 is 1.73 bits per heavy atom. The highest BCUT2D eigenvalue weighted by atomic mass is 16.5. The summed E-state index contributed by atoms with van der Waals surface area (Å²) in [6, 6.07) is 0. The molecule has 1 atom stereocenters. The summed E-state index contributed by atoms with van der Waals surface area (Å²) in [5, 5.41) is 3.25. The predicted molar refractivity (Wildman–Crippen MR) is 62.1 cm³/mol. The topological polar surface area (TPSA) is 39.1 Å². The van der Waals surface area contributed by atoms with Crippen molar-refractivity contribution in [3.63, 3.8) is 0 Å². The van der Waals surface area contributed by atoms with Gasteiger partial charge in [-0.3, -0.25) is 0 Å². The monoisotopic (exact) mass is 209 g/mol. The van der Waals surface area contributed by atoms with Gasteiger partial charge in [0.15, 0.2) is 0 Å². The first-order chi connectivity index (χ1) is 7.17. The second-order valence-electron chi connectivity index (χ2n) is 3.57. The van der Waals surface area contributed by atoms with Crippen LogP contribution >= 0.6 is 0 Å². The molecule has 4 nitrogen and oxygen atoms in total. The molecule has 0 aliphatic rings. The maximum Gasteiger partial charge on any atom is 0.203 e. The van der Waals surface area contributed by atoms with Crippen LogP contribution in [0, 0.1) is 6.92 Å². The van der Waals surface area contributed by atoms with Gasteiger partial charge >= 0.3 is 0 Å². The lowest BCUT2D eigenvalue weighted by Crippen LogP contribution is -2.20. The number of imidazole rings is 1. The fourth-order valence-corrected chi connectivity index (χ4v) is 1.28. The van der Waals surface area contributed by atoms with Crippen molar-refractivity contribution in [3.05, 3.63) is 24.5 Å². The number of allylic oxidation sites excluding steroid dienone is 1. The smallest absolute Gasteiger partial charge is 0.203 e. The molecule has 0 amide bonds. The zero-order valence-corrected chi connectivity index (χ0v) is 9.66. The summed E-state index contributed by atoms with van der Waals surface area (Å²) in [7, 11) is 1.70. The molecule has 15 heavy (non-hydrogen) atoms. The molecule has 0 aliphatic carbocycles. The summed E-state index contributed by atoms with van der Waals surface area (Å²) in [4.78, 5) is 4.38. The Hall–Kier alpha value is -1.29. The number of hydrogen-bond acceptors (Lipinski definition) is 3. The number of nitrogens with one attached hydrogen (secondary N) is 1. The van der Waals surface area contributed by atoms with Gasteiger partial charge in [-0.1, -0.05) is 6.08 Å². The SMILES string of the molecule is C=CCn1cc(C)nc1NCC(C)OC. The van der Waals surface area contributed by atoms with Gasteiger partial charge in [-0.2, -0.15) is 0 Å². The van der Waals surface area contributed by atoms with E-state index in [9.17, 15) is 0 Å². The van der Waals surface area contributed by atoms with Crippen LogP contribution in [-0.2, 0) is 11.3 Å². The fraction of sp³-hybridized carbons (Fsp3) is 0.545. The average Bonchev–Trinajstić information content (AvgIpc) is 2.56. The Balaban J connectivity index is 2.62. The van der Waals surface area contributed by atoms with Crippen LogP contribution in [0.2, 0.25) is 0 Å². The van der Waals surface area contributed by atoms with E-state index in [1.165, 1.54) is 0 Å². The van der Waals surface area contributed by atoms with Gasteiger partial charge in [0, 0.05) is 26.4 Å². The third-order valence-corrected chi connectivity index (χ3v) is 2.17. The van der Waals surface area contributed by atoms with E-state index in [0.29, 0.717) is 0 Å². The van der Waals surface area contributed by atoms with E-state index in [-0.39, 0.29) is 6.10 Å². The van der Waals surface area contributed by atoms with Crippen LogP contribution in [-0.4, -0.2) is 29.3 Å². The molecule has 0 radical (unpaired) electrons. The molecule has 0 bridgehead atoms. The minimum atomic E-state index is 0.180. The van der Waals surface area contributed by atoms with Gasteiger partial charge in [-0.15, -0.1) is 6.58 Å². The summed E-state index contributed by atoms with van der Waals surface area (Å²) in [6.45, 7) is 9.23. The lowest BCUT2D eigenvalue weighted by atomic mass is 10.4. The summed E-state index contributed by atoms with van der Waals surface area (Å²) in [6.07, 6.45) is 4.03. The first kappa shape index (κ1) is 11.8. The molecule has 1 unspecified atom stereocenters.